The lowest BCUT2D eigenvalue weighted by atomic mass is 10.1. The molecule has 0 radical (unpaired) electrons. The first-order valence-electron chi connectivity index (χ1n) is 10.5. The third-order valence-corrected chi connectivity index (χ3v) is 5.24. The number of aromatic amines is 1. The van der Waals surface area contributed by atoms with Crippen molar-refractivity contribution in [2.45, 2.75) is 38.7 Å². The van der Waals surface area contributed by atoms with Gasteiger partial charge in [0, 0.05) is 63.6 Å². The van der Waals surface area contributed by atoms with Crippen molar-refractivity contribution >= 4 is 16.9 Å². The van der Waals surface area contributed by atoms with Gasteiger partial charge in [-0.25, -0.2) is 0 Å². The average Bonchev–Trinajstić information content (AvgIpc) is 3.14. The average molecular weight is 387 g/mol. The van der Waals surface area contributed by atoms with Gasteiger partial charge in [0.25, 0.3) is 0 Å². The Hall–Kier alpha value is -2.05. The number of H-pyrrole nitrogens is 1. The van der Waals surface area contributed by atoms with Gasteiger partial charge in [0.1, 0.15) is 0 Å². The van der Waals surface area contributed by atoms with E-state index in [0.29, 0.717) is 6.10 Å². The minimum atomic E-state index is 0.363. The molecule has 0 spiro atoms. The molecule has 0 aliphatic carbocycles. The fourth-order valence-corrected chi connectivity index (χ4v) is 3.73. The van der Waals surface area contributed by atoms with Crippen molar-refractivity contribution in [3.63, 3.8) is 0 Å². The first kappa shape index (κ1) is 20.7. The molecule has 1 aromatic carbocycles. The quantitative estimate of drug-likeness (QED) is 0.395. The Bertz CT molecular complexity index is 735. The first-order chi connectivity index (χ1) is 13.8. The van der Waals surface area contributed by atoms with Crippen molar-refractivity contribution in [1.82, 2.24) is 15.2 Å². The van der Waals surface area contributed by atoms with E-state index in [1.807, 2.05) is 0 Å². The van der Waals surface area contributed by atoms with Gasteiger partial charge < -0.3 is 24.7 Å². The molecule has 6 nitrogen and oxygen atoms in total. The maximum Gasteiger partial charge on any atom is 0.193 e. The fourth-order valence-electron chi connectivity index (χ4n) is 3.73. The molecule has 1 fully saturated rings. The molecule has 0 saturated carbocycles. The molecule has 28 heavy (non-hydrogen) atoms. The number of para-hydroxylation sites is 1. The smallest absolute Gasteiger partial charge is 0.193 e. The van der Waals surface area contributed by atoms with Crippen LogP contribution in [0, 0.1) is 0 Å². The minimum absolute atomic E-state index is 0.363. The summed E-state index contributed by atoms with van der Waals surface area (Å²) < 4.78 is 11.1. The molecule has 3 rings (SSSR count). The second-order valence-corrected chi connectivity index (χ2v) is 7.25. The Morgan fingerprint density at radius 3 is 2.86 bits per heavy atom. The van der Waals surface area contributed by atoms with Crippen LogP contribution >= 0.6 is 0 Å². The van der Waals surface area contributed by atoms with Crippen molar-refractivity contribution < 1.29 is 9.47 Å². The maximum absolute atomic E-state index is 5.97. The number of aromatic nitrogens is 1. The lowest BCUT2D eigenvalue weighted by Crippen LogP contribution is -2.47. The van der Waals surface area contributed by atoms with Crippen LogP contribution in [0.15, 0.2) is 35.5 Å². The number of methoxy groups -OCH3 is 1. The zero-order valence-electron chi connectivity index (χ0n) is 17.2. The van der Waals surface area contributed by atoms with Gasteiger partial charge >= 0.3 is 0 Å². The van der Waals surface area contributed by atoms with Crippen molar-refractivity contribution in [3.8, 4) is 0 Å². The van der Waals surface area contributed by atoms with E-state index in [1.54, 1.807) is 7.11 Å². The number of benzene rings is 1. The van der Waals surface area contributed by atoms with E-state index in [2.05, 4.69) is 52.6 Å². The van der Waals surface area contributed by atoms with E-state index in [0.717, 1.165) is 71.0 Å². The molecule has 2 aromatic rings. The number of ether oxygens (including phenoxy) is 2. The topological polar surface area (TPSA) is 61.9 Å². The van der Waals surface area contributed by atoms with Crippen molar-refractivity contribution in [2.24, 2.45) is 4.99 Å². The third kappa shape index (κ3) is 5.72. The molecule has 0 amide bonds. The van der Waals surface area contributed by atoms with Crippen molar-refractivity contribution in [3.05, 3.63) is 36.0 Å². The number of nitrogens with zero attached hydrogens (tertiary/aromatic N) is 2. The highest BCUT2D eigenvalue weighted by atomic mass is 16.5. The molecule has 0 unspecified atom stereocenters. The molecule has 1 aliphatic heterocycles. The van der Waals surface area contributed by atoms with Crippen LogP contribution in [0.25, 0.3) is 10.9 Å². The number of hydrogen-bond donors (Lipinski definition) is 2. The van der Waals surface area contributed by atoms with Crippen LogP contribution in [0.2, 0.25) is 0 Å². The number of hydrogen-bond acceptors (Lipinski definition) is 3. The highest BCUT2D eigenvalue weighted by Crippen LogP contribution is 2.18. The Labute approximate surface area is 168 Å². The summed E-state index contributed by atoms with van der Waals surface area (Å²) in [4.78, 5) is 10.6. The minimum Gasteiger partial charge on any atom is -0.385 e. The molecule has 2 heterocycles. The normalized spacial score (nSPS) is 16.1. The molecule has 0 bridgehead atoms. The van der Waals surface area contributed by atoms with Gasteiger partial charge in [-0.2, -0.15) is 0 Å². The summed E-state index contributed by atoms with van der Waals surface area (Å²) in [5, 5.41) is 4.76. The molecule has 154 valence electrons. The first-order valence-corrected chi connectivity index (χ1v) is 10.5. The highest BCUT2D eigenvalue weighted by Gasteiger charge is 2.21. The van der Waals surface area contributed by atoms with Crippen LogP contribution < -0.4 is 5.32 Å². The summed E-state index contributed by atoms with van der Waals surface area (Å²) in [6.07, 6.45) is 6.49. The van der Waals surface area contributed by atoms with E-state index in [1.165, 1.54) is 16.5 Å². The van der Waals surface area contributed by atoms with Crippen molar-refractivity contribution in [1.29, 1.82) is 0 Å². The Balaban J connectivity index is 1.49. The van der Waals surface area contributed by atoms with E-state index >= 15 is 0 Å². The summed E-state index contributed by atoms with van der Waals surface area (Å²) in [5.74, 6) is 1.03. The molecule has 2 N–H and O–H groups in total. The molecule has 6 heteroatoms. The van der Waals surface area contributed by atoms with Crippen LogP contribution in [0.1, 0.15) is 31.7 Å². The molecule has 1 aromatic heterocycles. The SMILES string of the molecule is CCNC(=NCCc1c[nH]c2ccccc12)N1CCC(OCCCOC)CC1. The standard InChI is InChI=1S/C22H34N4O2/c1-3-23-22(26-13-10-19(11-14-26)28-16-6-15-27-2)24-12-9-18-17-25-21-8-5-4-7-20(18)21/h4-5,7-8,17,19,25H,3,6,9-16H2,1-2H3,(H,23,24). The van der Waals surface area contributed by atoms with Crippen LogP contribution in [0.5, 0.6) is 0 Å². The number of aliphatic imine (C=N–C) groups is 1. The van der Waals surface area contributed by atoms with E-state index in [4.69, 9.17) is 14.5 Å². The summed E-state index contributed by atoms with van der Waals surface area (Å²) >= 11 is 0. The lowest BCUT2D eigenvalue weighted by molar-refractivity contribution is 0.00991. The second-order valence-electron chi connectivity index (χ2n) is 7.25. The number of guanidine groups is 1. The molecule has 1 aliphatic rings. The molecular weight excluding hydrogens is 352 g/mol. The molecule has 0 atom stereocenters. The van der Waals surface area contributed by atoms with E-state index in [-0.39, 0.29) is 0 Å². The van der Waals surface area contributed by atoms with Crippen LogP contribution in [-0.2, 0) is 15.9 Å². The number of likely N-dealkylation sites (tertiary alicyclic amines) is 1. The number of rotatable bonds is 9. The molecule has 1 saturated heterocycles. The third-order valence-electron chi connectivity index (χ3n) is 5.24. The molecular formula is C22H34N4O2. The summed E-state index contributed by atoms with van der Waals surface area (Å²) in [5.41, 5.74) is 2.53. The summed E-state index contributed by atoms with van der Waals surface area (Å²) in [6, 6.07) is 8.45. The van der Waals surface area contributed by atoms with Gasteiger partial charge in [0.15, 0.2) is 5.96 Å². The Morgan fingerprint density at radius 1 is 1.25 bits per heavy atom. The van der Waals surface area contributed by atoms with Crippen LogP contribution in [0.4, 0.5) is 0 Å². The van der Waals surface area contributed by atoms with Gasteiger partial charge in [0.2, 0.25) is 0 Å². The Kier molecular flexibility index (Phi) is 8.18. The fraction of sp³-hybridized carbons (Fsp3) is 0.591. The highest BCUT2D eigenvalue weighted by molar-refractivity contribution is 5.83. The largest absolute Gasteiger partial charge is 0.385 e. The van der Waals surface area contributed by atoms with Gasteiger partial charge in [-0.1, -0.05) is 18.2 Å². The van der Waals surface area contributed by atoms with Gasteiger partial charge in [0.05, 0.1) is 6.10 Å². The number of fused-ring (bicyclic) bond motifs is 1. The van der Waals surface area contributed by atoms with Gasteiger partial charge in [-0.05, 0) is 44.2 Å². The zero-order valence-corrected chi connectivity index (χ0v) is 17.2. The summed E-state index contributed by atoms with van der Waals surface area (Å²) in [7, 11) is 1.73. The van der Waals surface area contributed by atoms with Gasteiger partial charge in [-0.3, -0.25) is 4.99 Å². The number of piperidine rings is 1. The van der Waals surface area contributed by atoms with Crippen LogP contribution in [-0.4, -0.2) is 68.4 Å². The van der Waals surface area contributed by atoms with Gasteiger partial charge in [-0.15, -0.1) is 0 Å². The number of nitrogens with one attached hydrogen (secondary N) is 2. The second kappa shape index (κ2) is 11.1. The Morgan fingerprint density at radius 2 is 2.07 bits per heavy atom. The van der Waals surface area contributed by atoms with Crippen molar-refractivity contribution in [2.75, 3.05) is 46.5 Å². The predicted octanol–water partition coefficient (Wildman–Crippen LogP) is 3.19. The van der Waals surface area contributed by atoms with Crippen LogP contribution in [0.3, 0.4) is 0 Å². The van der Waals surface area contributed by atoms with E-state index in [9.17, 15) is 0 Å². The monoisotopic (exact) mass is 386 g/mol. The summed E-state index contributed by atoms with van der Waals surface area (Å²) in [6.45, 7) is 7.35. The predicted molar refractivity (Wildman–Crippen MR) is 115 cm³/mol. The van der Waals surface area contributed by atoms with E-state index < -0.39 is 0 Å². The maximum atomic E-state index is 5.97. The zero-order chi connectivity index (χ0) is 19.6. The lowest BCUT2D eigenvalue weighted by Gasteiger charge is -2.34.